The van der Waals surface area contributed by atoms with Crippen LogP contribution in [0.3, 0.4) is 0 Å². The Kier molecular flexibility index (Phi) is 6.72. The van der Waals surface area contributed by atoms with Crippen LogP contribution in [0.2, 0.25) is 0 Å². The van der Waals surface area contributed by atoms with Crippen molar-refractivity contribution >= 4 is 5.78 Å². The first-order chi connectivity index (χ1) is 12.5. The van der Waals surface area contributed by atoms with Crippen molar-refractivity contribution < 1.29 is 9.53 Å². The van der Waals surface area contributed by atoms with Gasteiger partial charge >= 0.3 is 0 Å². The van der Waals surface area contributed by atoms with E-state index in [0.29, 0.717) is 6.42 Å². The summed E-state index contributed by atoms with van der Waals surface area (Å²) in [6, 6.07) is 4.52. The zero-order valence-electron chi connectivity index (χ0n) is 18.2. The summed E-state index contributed by atoms with van der Waals surface area (Å²) in [7, 11) is 0. The number of carbonyl (C=O) groups is 1. The van der Waals surface area contributed by atoms with Gasteiger partial charge in [-0.05, 0) is 41.2 Å². The molecule has 0 fully saturated rings. The average Bonchev–Trinajstić information content (AvgIpc) is 3.10. The number of Topliss-reactive ketones (excluding diaryl/α,β-unsaturated/α-hetero) is 1. The molecule has 0 spiro atoms. The van der Waals surface area contributed by atoms with Gasteiger partial charge in [0.25, 0.3) is 0 Å². The summed E-state index contributed by atoms with van der Waals surface area (Å²) in [5.41, 5.74) is 4.63. The van der Waals surface area contributed by atoms with Crippen LogP contribution in [-0.2, 0) is 22.0 Å². The van der Waals surface area contributed by atoms with E-state index in [1.807, 2.05) is 18.2 Å². The molecule has 2 heteroatoms. The minimum Gasteiger partial charge on any atom is -0.493 e. The zero-order valence-corrected chi connectivity index (χ0v) is 18.2. The molecule has 0 aliphatic heterocycles. The quantitative estimate of drug-likeness (QED) is 0.552. The molecule has 0 amide bonds. The number of rotatable bonds is 7. The Morgan fingerprint density at radius 2 is 1.63 bits per heavy atom. The minimum absolute atomic E-state index is 0.0129. The molecule has 1 aromatic rings. The Balaban J connectivity index is 2.38. The van der Waals surface area contributed by atoms with Gasteiger partial charge in [-0.25, -0.2) is 0 Å². The Labute approximate surface area is 165 Å². The van der Waals surface area contributed by atoms with Gasteiger partial charge in [0.05, 0.1) is 6.61 Å². The van der Waals surface area contributed by atoms with Crippen LogP contribution in [0.15, 0.2) is 35.9 Å². The van der Waals surface area contributed by atoms with Gasteiger partial charge in [-0.3, -0.25) is 4.79 Å². The number of ketones is 1. The minimum atomic E-state index is -0.0129. The molecule has 1 aromatic carbocycles. The van der Waals surface area contributed by atoms with Crippen molar-refractivity contribution in [2.45, 2.75) is 85.0 Å². The van der Waals surface area contributed by atoms with Crippen molar-refractivity contribution in [2.75, 3.05) is 6.61 Å². The summed E-state index contributed by atoms with van der Waals surface area (Å²) in [6.45, 7) is 16.3. The van der Waals surface area contributed by atoms with Gasteiger partial charge in [0.2, 0.25) is 0 Å². The van der Waals surface area contributed by atoms with E-state index < -0.39 is 0 Å². The highest BCUT2D eigenvalue weighted by atomic mass is 16.5. The lowest BCUT2D eigenvalue weighted by molar-refractivity contribution is -0.115. The highest BCUT2D eigenvalue weighted by molar-refractivity contribution is 5.96. The second-order valence-electron chi connectivity index (χ2n) is 9.62. The van der Waals surface area contributed by atoms with Crippen molar-refractivity contribution in [2.24, 2.45) is 0 Å². The highest BCUT2D eigenvalue weighted by Crippen LogP contribution is 2.41. The standard InChI is InChI=1S/C25H36O2/c1-8-15-27-23-20(24(2,3)4)16-18(17-21(23)25(5,6)7)13-14-22(26)19-11-9-10-12-19/h9-11,16-17H,8,12-15H2,1-7H3. The monoisotopic (exact) mass is 368 g/mol. The number of aryl methyl sites for hydroxylation is 1. The molecular weight excluding hydrogens is 332 g/mol. The molecule has 0 bridgehead atoms. The van der Waals surface area contributed by atoms with E-state index in [0.717, 1.165) is 37.2 Å². The maximum absolute atomic E-state index is 12.5. The lowest BCUT2D eigenvalue weighted by Crippen LogP contribution is -2.21. The molecule has 0 heterocycles. The average molecular weight is 369 g/mol. The first-order valence-electron chi connectivity index (χ1n) is 10.2. The molecule has 0 unspecified atom stereocenters. The van der Waals surface area contributed by atoms with E-state index in [1.54, 1.807) is 0 Å². The molecule has 1 aliphatic carbocycles. The third kappa shape index (κ3) is 5.57. The number of benzene rings is 1. The second-order valence-corrected chi connectivity index (χ2v) is 9.62. The topological polar surface area (TPSA) is 26.3 Å². The van der Waals surface area contributed by atoms with Crippen LogP contribution in [0.25, 0.3) is 0 Å². The van der Waals surface area contributed by atoms with Crippen LogP contribution in [0.4, 0.5) is 0 Å². The van der Waals surface area contributed by atoms with Gasteiger partial charge in [0, 0.05) is 17.5 Å². The largest absolute Gasteiger partial charge is 0.493 e. The van der Waals surface area contributed by atoms with Crippen LogP contribution < -0.4 is 4.74 Å². The van der Waals surface area contributed by atoms with E-state index in [1.165, 1.54) is 16.7 Å². The predicted molar refractivity (Wildman–Crippen MR) is 115 cm³/mol. The number of hydrogen-bond acceptors (Lipinski definition) is 2. The molecule has 0 aromatic heterocycles. The molecule has 148 valence electrons. The highest BCUT2D eigenvalue weighted by Gasteiger charge is 2.28. The van der Waals surface area contributed by atoms with E-state index >= 15 is 0 Å². The van der Waals surface area contributed by atoms with Crippen LogP contribution in [-0.4, -0.2) is 12.4 Å². The molecule has 2 rings (SSSR count). The number of ether oxygens (including phenoxy) is 1. The van der Waals surface area contributed by atoms with Gasteiger partial charge in [0.15, 0.2) is 5.78 Å². The fourth-order valence-electron chi connectivity index (χ4n) is 3.38. The Morgan fingerprint density at radius 3 is 2.07 bits per heavy atom. The smallest absolute Gasteiger partial charge is 0.159 e. The molecule has 0 saturated heterocycles. The molecule has 0 saturated carbocycles. The van der Waals surface area contributed by atoms with Gasteiger partial charge in [-0.15, -0.1) is 0 Å². The van der Waals surface area contributed by atoms with E-state index in [9.17, 15) is 4.79 Å². The van der Waals surface area contributed by atoms with Crippen LogP contribution in [0.1, 0.15) is 84.4 Å². The lowest BCUT2D eigenvalue weighted by Gasteiger charge is -2.30. The molecule has 0 radical (unpaired) electrons. The van der Waals surface area contributed by atoms with Crippen LogP contribution in [0, 0.1) is 0 Å². The molecule has 2 nitrogen and oxygen atoms in total. The maximum atomic E-state index is 12.5. The molecule has 0 N–H and O–H groups in total. The fourth-order valence-corrected chi connectivity index (χ4v) is 3.38. The zero-order chi connectivity index (χ0) is 20.2. The van der Waals surface area contributed by atoms with E-state index in [-0.39, 0.29) is 16.6 Å². The summed E-state index contributed by atoms with van der Waals surface area (Å²) in [5, 5.41) is 0. The molecule has 27 heavy (non-hydrogen) atoms. The number of allylic oxidation sites excluding steroid dienone is 4. The summed E-state index contributed by atoms with van der Waals surface area (Å²) in [4.78, 5) is 12.5. The Bertz CT molecular complexity index is 702. The van der Waals surface area contributed by atoms with E-state index in [4.69, 9.17) is 4.74 Å². The fraction of sp³-hybridized carbons (Fsp3) is 0.560. The summed E-state index contributed by atoms with van der Waals surface area (Å²) in [6.07, 6.45) is 9.08. The summed E-state index contributed by atoms with van der Waals surface area (Å²) < 4.78 is 6.25. The third-order valence-corrected chi connectivity index (χ3v) is 4.99. The van der Waals surface area contributed by atoms with Crippen molar-refractivity contribution in [1.82, 2.24) is 0 Å². The van der Waals surface area contributed by atoms with Crippen LogP contribution >= 0.6 is 0 Å². The Hall–Kier alpha value is -1.83. The molecule has 1 aliphatic rings. The van der Waals surface area contributed by atoms with Crippen molar-refractivity contribution in [3.8, 4) is 5.75 Å². The van der Waals surface area contributed by atoms with Crippen molar-refractivity contribution in [1.29, 1.82) is 0 Å². The van der Waals surface area contributed by atoms with Gasteiger partial charge in [-0.1, -0.05) is 78.8 Å². The first kappa shape index (κ1) is 21.5. The van der Waals surface area contributed by atoms with Gasteiger partial charge in [0.1, 0.15) is 5.75 Å². The normalized spacial score (nSPS) is 14.4. The molecular formula is C25H36O2. The Morgan fingerprint density at radius 1 is 1.04 bits per heavy atom. The number of hydrogen-bond donors (Lipinski definition) is 0. The van der Waals surface area contributed by atoms with Gasteiger partial charge in [-0.2, -0.15) is 0 Å². The third-order valence-electron chi connectivity index (χ3n) is 4.99. The maximum Gasteiger partial charge on any atom is 0.159 e. The first-order valence-corrected chi connectivity index (χ1v) is 10.2. The lowest BCUT2D eigenvalue weighted by atomic mass is 9.78. The predicted octanol–water partition coefficient (Wildman–Crippen LogP) is 6.46. The van der Waals surface area contributed by atoms with Gasteiger partial charge < -0.3 is 4.74 Å². The summed E-state index contributed by atoms with van der Waals surface area (Å²) in [5.74, 6) is 1.30. The SMILES string of the molecule is CCCOc1c(C(C)(C)C)cc(CCC(=O)C2=CC=CC2)cc1C(C)(C)C. The van der Waals surface area contributed by atoms with Crippen LogP contribution in [0.5, 0.6) is 5.75 Å². The van der Waals surface area contributed by atoms with Crippen molar-refractivity contribution in [3.63, 3.8) is 0 Å². The number of carbonyl (C=O) groups excluding carboxylic acids is 1. The van der Waals surface area contributed by atoms with Crippen molar-refractivity contribution in [3.05, 3.63) is 52.6 Å². The molecule has 0 atom stereocenters. The second kappa shape index (κ2) is 8.46. The van der Waals surface area contributed by atoms with E-state index in [2.05, 4.69) is 60.6 Å². The summed E-state index contributed by atoms with van der Waals surface area (Å²) >= 11 is 0.